The topological polar surface area (TPSA) is 64.8 Å². The number of aromatic nitrogens is 1. The fourth-order valence-electron chi connectivity index (χ4n) is 5.39. The van der Waals surface area contributed by atoms with Crippen LogP contribution < -0.4 is 4.74 Å². The van der Waals surface area contributed by atoms with E-state index >= 15 is 0 Å². The third kappa shape index (κ3) is 3.64. The fraction of sp³-hybridized carbons (Fsp3) is 0.583. The number of carbonyl (C=O) groups excluding carboxylic acids is 1. The van der Waals surface area contributed by atoms with E-state index in [9.17, 15) is 4.79 Å². The van der Waals surface area contributed by atoms with Crippen LogP contribution in [0.5, 0.6) is 5.75 Å². The molecule has 1 amide bonds. The molecule has 3 aliphatic heterocycles. The molecule has 0 aliphatic carbocycles. The lowest BCUT2D eigenvalue weighted by Crippen LogP contribution is -2.54. The lowest BCUT2D eigenvalue weighted by Gasteiger charge is -2.54. The lowest BCUT2D eigenvalue weighted by atomic mass is 9.64. The quantitative estimate of drug-likeness (QED) is 0.647. The molecular weight excluding hydrogens is 416 g/mol. The van der Waals surface area contributed by atoms with Crippen molar-refractivity contribution in [2.24, 2.45) is 11.3 Å². The predicted molar refractivity (Wildman–Crippen MR) is 116 cm³/mol. The zero-order chi connectivity index (χ0) is 21.8. The first-order valence-electron chi connectivity index (χ1n) is 11.2. The molecule has 3 aliphatic rings. The molecule has 7 heteroatoms. The van der Waals surface area contributed by atoms with Gasteiger partial charge < -0.3 is 18.9 Å². The van der Waals surface area contributed by atoms with Crippen LogP contribution in [0.4, 0.5) is 0 Å². The van der Waals surface area contributed by atoms with E-state index in [1.54, 1.807) is 6.07 Å². The highest BCUT2D eigenvalue weighted by molar-refractivity contribution is 6.30. The minimum Gasteiger partial charge on any atom is -0.487 e. The molecule has 0 saturated carbocycles. The SMILES string of the molecule is CCc1cc(C(=O)N2CCC3(CC2)CO[C@@H]2c4cc(Cl)ccc4OC(C)(C)[C@H]2C3)on1. The monoisotopic (exact) mass is 444 g/mol. The van der Waals surface area contributed by atoms with Crippen molar-refractivity contribution >= 4 is 17.5 Å². The van der Waals surface area contributed by atoms with Crippen molar-refractivity contribution in [2.45, 2.75) is 58.2 Å². The molecule has 1 spiro atoms. The fourth-order valence-corrected chi connectivity index (χ4v) is 5.57. The highest BCUT2D eigenvalue weighted by Gasteiger charge is 2.53. The maximum atomic E-state index is 12.8. The van der Waals surface area contributed by atoms with E-state index in [-0.39, 0.29) is 28.9 Å². The second-order valence-electron chi connectivity index (χ2n) is 9.76. The number of halogens is 1. The summed E-state index contributed by atoms with van der Waals surface area (Å²) in [7, 11) is 0. The van der Waals surface area contributed by atoms with E-state index in [4.69, 9.17) is 25.6 Å². The maximum Gasteiger partial charge on any atom is 0.292 e. The Hall–Kier alpha value is -2.05. The van der Waals surface area contributed by atoms with Crippen LogP contribution in [0, 0.1) is 11.3 Å². The van der Waals surface area contributed by atoms with Crippen molar-refractivity contribution < 1.29 is 18.8 Å². The number of piperidine rings is 1. The minimum absolute atomic E-state index is 0.00982. The average molecular weight is 445 g/mol. The molecule has 0 N–H and O–H groups in total. The van der Waals surface area contributed by atoms with E-state index in [1.165, 1.54) is 0 Å². The summed E-state index contributed by atoms with van der Waals surface area (Å²) in [5, 5.41) is 4.66. The Labute approximate surface area is 187 Å². The first-order chi connectivity index (χ1) is 14.8. The van der Waals surface area contributed by atoms with Gasteiger partial charge in [-0.2, -0.15) is 0 Å². The van der Waals surface area contributed by atoms with E-state index in [2.05, 4.69) is 19.0 Å². The zero-order valence-corrected chi connectivity index (χ0v) is 19.1. The second-order valence-corrected chi connectivity index (χ2v) is 10.2. The molecule has 6 nitrogen and oxygen atoms in total. The largest absolute Gasteiger partial charge is 0.487 e. The number of carbonyl (C=O) groups is 1. The number of likely N-dealkylation sites (tertiary alicyclic amines) is 1. The van der Waals surface area contributed by atoms with Crippen molar-refractivity contribution in [2.75, 3.05) is 19.7 Å². The molecule has 1 aromatic carbocycles. The smallest absolute Gasteiger partial charge is 0.292 e. The number of hydrogen-bond donors (Lipinski definition) is 0. The van der Waals surface area contributed by atoms with Gasteiger partial charge in [-0.05, 0) is 63.1 Å². The Morgan fingerprint density at radius 1 is 1.26 bits per heavy atom. The number of fused-ring (bicyclic) bond motifs is 3. The molecule has 2 fully saturated rings. The molecule has 1 aromatic heterocycles. The van der Waals surface area contributed by atoms with Gasteiger partial charge in [-0.25, -0.2) is 0 Å². The highest BCUT2D eigenvalue weighted by Crippen LogP contribution is 2.55. The van der Waals surface area contributed by atoms with Gasteiger partial charge in [-0.1, -0.05) is 23.7 Å². The molecule has 166 valence electrons. The first-order valence-corrected chi connectivity index (χ1v) is 11.5. The van der Waals surface area contributed by atoms with Crippen molar-refractivity contribution in [3.63, 3.8) is 0 Å². The third-order valence-corrected chi connectivity index (χ3v) is 7.61. The van der Waals surface area contributed by atoms with E-state index in [0.29, 0.717) is 30.5 Å². The third-order valence-electron chi connectivity index (χ3n) is 7.38. The van der Waals surface area contributed by atoms with Crippen LogP contribution in [-0.4, -0.2) is 41.3 Å². The van der Waals surface area contributed by atoms with Crippen LogP contribution in [0.25, 0.3) is 0 Å². The number of benzene rings is 1. The van der Waals surface area contributed by atoms with Gasteiger partial charge in [-0.3, -0.25) is 4.79 Å². The van der Waals surface area contributed by atoms with E-state index in [0.717, 1.165) is 42.7 Å². The Bertz CT molecular complexity index is 993. The van der Waals surface area contributed by atoms with Crippen LogP contribution in [0.3, 0.4) is 0 Å². The highest BCUT2D eigenvalue weighted by atomic mass is 35.5. The van der Waals surface area contributed by atoms with E-state index in [1.807, 2.05) is 30.0 Å². The van der Waals surface area contributed by atoms with Crippen molar-refractivity contribution in [3.05, 3.63) is 46.3 Å². The molecule has 0 unspecified atom stereocenters. The van der Waals surface area contributed by atoms with Crippen LogP contribution in [-0.2, 0) is 11.2 Å². The first kappa shape index (κ1) is 20.8. The molecule has 5 rings (SSSR count). The summed E-state index contributed by atoms with van der Waals surface area (Å²) in [6.07, 6.45) is 3.58. The Balaban J connectivity index is 1.31. The maximum absolute atomic E-state index is 12.8. The number of aryl methyl sites for hydroxylation is 1. The minimum atomic E-state index is -0.331. The Morgan fingerprint density at radius 2 is 2.03 bits per heavy atom. The van der Waals surface area contributed by atoms with Crippen LogP contribution >= 0.6 is 11.6 Å². The summed E-state index contributed by atoms with van der Waals surface area (Å²) in [6.45, 7) is 8.39. The second kappa shape index (κ2) is 7.52. The van der Waals surface area contributed by atoms with Crippen LogP contribution in [0.1, 0.15) is 67.9 Å². The summed E-state index contributed by atoms with van der Waals surface area (Å²) in [4.78, 5) is 14.7. The van der Waals surface area contributed by atoms with Crippen molar-refractivity contribution in [3.8, 4) is 5.75 Å². The van der Waals surface area contributed by atoms with Gasteiger partial charge in [0.2, 0.25) is 5.76 Å². The molecule has 31 heavy (non-hydrogen) atoms. The van der Waals surface area contributed by atoms with Gasteiger partial charge in [0.05, 0.1) is 18.4 Å². The van der Waals surface area contributed by atoms with E-state index < -0.39 is 0 Å². The summed E-state index contributed by atoms with van der Waals surface area (Å²) in [6, 6.07) is 7.54. The van der Waals surface area contributed by atoms with Gasteiger partial charge in [0, 0.05) is 35.7 Å². The molecule has 0 bridgehead atoms. The zero-order valence-electron chi connectivity index (χ0n) is 18.3. The van der Waals surface area contributed by atoms with Gasteiger partial charge >= 0.3 is 0 Å². The van der Waals surface area contributed by atoms with Gasteiger partial charge in [-0.15, -0.1) is 0 Å². The van der Waals surface area contributed by atoms with Crippen LogP contribution in [0.2, 0.25) is 5.02 Å². The van der Waals surface area contributed by atoms with Crippen LogP contribution in [0.15, 0.2) is 28.8 Å². The number of hydrogen-bond acceptors (Lipinski definition) is 5. The molecule has 2 aromatic rings. The molecule has 2 atom stereocenters. The average Bonchev–Trinajstić information content (AvgIpc) is 3.24. The predicted octanol–water partition coefficient (Wildman–Crippen LogP) is 5.06. The van der Waals surface area contributed by atoms with Crippen molar-refractivity contribution in [1.29, 1.82) is 0 Å². The number of ether oxygens (including phenoxy) is 2. The molecule has 0 radical (unpaired) electrons. The number of nitrogens with zero attached hydrogens (tertiary/aromatic N) is 2. The summed E-state index contributed by atoms with van der Waals surface area (Å²) >= 11 is 6.27. The number of rotatable bonds is 2. The summed E-state index contributed by atoms with van der Waals surface area (Å²) in [5.41, 5.74) is 1.59. The Morgan fingerprint density at radius 3 is 2.74 bits per heavy atom. The van der Waals surface area contributed by atoms with Gasteiger partial charge in [0.1, 0.15) is 11.4 Å². The molecule has 4 heterocycles. The molecule has 2 saturated heterocycles. The van der Waals surface area contributed by atoms with Gasteiger partial charge in [0.15, 0.2) is 0 Å². The summed E-state index contributed by atoms with van der Waals surface area (Å²) in [5.74, 6) is 1.37. The Kier molecular flexibility index (Phi) is 5.05. The standard InChI is InChI=1S/C24H29ClN2O4/c1-4-16-12-20(31-26-16)22(28)27-9-7-24(8-10-27)13-18-21(29-14-24)17-11-15(25)5-6-19(17)30-23(18,2)3/h5-6,11-12,18,21H,4,7-10,13-14H2,1-3H3/t18-,21+/m0/s1. The van der Waals surface area contributed by atoms with Crippen molar-refractivity contribution in [1.82, 2.24) is 10.1 Å². The van der Waals surface area contributed by atoms with Gasteiger partial charge in [0.25, 0.3) is 5.91 Å². The lowest BCUT2D eigenvalue weighted by molar-refractivity contribution is -0.173. The summed E-state index contributed by atoms with van der Waals surface area (Å²) < 4.78 is 18.2. The normalized spacial score (nSPS) is 26.1. The number of amides is 1. The molecular formula is C24H29ClN2O4.